The van der Waals surface area contributed by atoms with E-state index < -0.39 is 15.6 Å². The van der Waals surface area contributed by atoms with E-state index in [4.69, 9.17) is 0 Å². The molecule has 5 nitrogen and oxygen atoms in total. The van der Waals surface area contributed by atoms with Gasteiger partial charge in [-0.15, -0.1) is 0 Å². The Morgan fingerprint density at radius 2 is 1.74 bits per heavy atom. The highest BCUT2D eigenvalue weighted by Gasteiger charge is 2.49. The SMILES string of the molecule is CCC(=O)N(CC)CC1=C(c2ccc(C)cc2)S(=O)(=O)NC12CCCCC2. The zero-order chi connectivity index (χ0) is 19.7. The highest BCUT2D eigenvalue weighted by atomic mass is 32.2. The quantitative estimate of drug-likeness (QED) is 0.835. The number of hydrogen-bond acceptors (Lipinski definition) is 3. The van der Waals surface area contributed by atoms with Crippen LogP contribution in [-0.4, -0.2) is 37.9 Å². The van der Waals surface area contributed by atoms with Gasteiger partial charge in [0.05, 0.1) is 10.4 Å². The van der Waals surface area contributed by atoms with Gasteiger partial charge in [-0.1, -0.05) is 56.0 Å². The number of nitrogens with one attached hydrogen (secondary N) is 1. The van der Waals surface area contributed by atoms with E-state index in [-0.39, 0.29) is 5.91 Å². The molecular formula is C21H30N2O3S. The maximum Gasteiger partial charge on any atom is 0.242 e. The molecule has 1 amide bonds. The molecule has 1 spiro atoms. The summed E-state index contributed by atoms with van der Waals surface area (Å²) < 4.78 is 29.3. The van der Waals surface area contributed by atoms with E-state index in [1.54, 1.807) is 4.90 Å². The number of sulfonamides is 1. The van der Waals surface area contributed by atoms with Crippen LogP contribution < -0.4 is 4.72 Å². The van der Waals surface area contributed by atoms with Crippen LogP contribution in [0.3, 0.4) is 0 Å². The Hall–Kier alpha value is -1.66. The highest BCUT2D eigenvalue weighted by molar-refractivity contribution is 7.99. The van der Waals surface area contributed by atoms with Crippen LogP contribution in [0.4, 0.5) is 0 Å². The minimum absolute atomic E-state index is 0.0588. The van der Waals surface area contributed by atoms with Crippen LogP contribution >= 0.6 is 0 Å². The van der Waals surface area contributed by atoms with Crippen LogP contribution in [0.2, 0.25) is 0 Å². The van der Waals surface area contributed by atoms with E-state index in [2.05, 4.69) is 4.72 Å². The normalized spacial score (nSPS) is 20.9. The third-order valence-electron chi connectivity index (χ3n) is 5.86. The van der Waals surface area contributed by atoms with Gasteiger partial charge >= 0.3 is 0 Å². The molecule has 148 valence electrons. The number of likely N-dealkylation sites (N-methyl/N-ethyl adjacent to an activating group) is 1. The summed E-state index contributed by atoms with van der Waals surface area (Å²) in [5.41, 5.74) is 2.13. The molecule has 2 aliphatic rings. The Kier molecular flexibility index (Phi) is 5.77. The predicted octanol–water partition coefficient (Wildman–Crippen LogP) is 3.60. The number of carbonyl (C=O) groups excluding carboxylic acids is 1. The minimum atomic E-state index is -3.60. The fourth-order valence-corrected chi connectivity index (χ4v) is 6.33. The fraction of sp³-hybridized carbons (Fsp3) is 0.571. The second kappa shape index (κ2) is 7.76. The van der Waals surface area contributed by atoms with Gasteiger partial charge in [0.1, 0.15) is 0 Å². The van der Waals surface area contributed by atoms with Gasteiger partial charge in [0, 0.05) is 19.5 Å². The van der Waals surface area contributed by atoms with Crippen molar-refractivity contribution >= 4 is 20.8 Å². The van der Waals surface area contributed by atoms with E-state index in [0.717, 1.165) is 43.2 Å². The van der Waals surface area contributed by atoms with Gasteiger partial charge in [0.15, 0.2) is 0 Å². The van der Waals surface area contributed by atoms with E-state index in [0.29, 0.717) is 30.0 Å². The van der Waals surface area contributed by atoms with Crippen LogP contribution in [0.5, 0.6) is 0 Å². The van der Waals surface area contributed by atoms with Gasteiger partial charge < -0.3 is 4.90 Å². The van der Waals surface area contributed by atoms with Crippen LogP contribution in [-0.2, 0) is 14.8 Å². The molecule has 0 unspecified atom stereocenters. The molecule has 1 aliphatic carbocycles. The molecule has 1 aliphatic heterocycles. The minimum Gasteiger partial charge on any atom is -0.339 e. The predicted molar refractivity (Wildman–Crippen MR) is 109 cm³/mol. The maximum atomic E-state index is 13.2. The molecule has 6 heteroatoms. The molecule has 0 bridgehead atoms. The number of aryl methyl sites for hydroxylation is 1. The third-order valence-corrected chi connectivity index (χ3v) is 7.54. The molecule has 1 fully saturated rings. The number of benzene rings is 1. The topological polar surface area (TPSA) is 66.5 Å². The first-order valence-electron chi connectivity index (χ1n) is 9.95. The van der Waals surface area contributed by atoms with Gasteiger partial charge in [-0.2, -0.15) is 0 Å². The Labute approximate surface area is 162 Å². The van der Waals surface area contributed by atoms with Gasteiger partial charge in [0.2, 0.25) is 15.9 Å². The van der Waals surface area contributed by atoms with Crippen molar-refractivity contribution in [1.29, 1.82) is 0 Å². The van der Waals surface area contributed by atoms with E-state index in [1.807, 2.05) is 45.0 Å². The summed E-state index contributed by atoms with van der Waals surface area (Å²) in [4.78, 5) is 14.5. The standard InChI is InChI=1S/C21H30N2O3S/c1-4-19(24)23(5-2)15-18-20(17-11-9-16(3)10-12-17)27(25,26)22-21(18)13-7-6-8-14-21/h9-12,22H,4-8,13-15H2,1-3H3. The molecule has 1 saturated carbocycles. The lowest BCUT2D eigenvalue weighted by atomic mass is 9.76. The average Bonchev–Trinajstić information content (AvgIpc) is 2.86. The molecule has 1 N–H and O–H groups in total. The molecule has 0 aromatic heterocycles. The van der Waals surface area contributed by atoms with Crippen LogP contribution in [0.15, 0.2) is 29.8 Å². The summed E-state index contributed by atoms with van der Waals surface area (Å²) >= 11 is 0. The van der Waals surface area contributed by atoms with Crippen molar-refractivity contribution in [3.05, 3.63) is 41.0 Å². The highest BCUT2D eigenvalue weighted by Crippen LogP contribution is 2.45. The van der Waals surface area contributed by atoms with Crippen LogP contribution in [0.1, 0.15) is 63.5 Å². The number of hydrogen-bond donors (Lipinski definition) is 1. The van der Waals surface area contributed by atoms with Crippen molar-refractivity contribution < 1.29 is 13.2 Å². The van der Waals surface area contributed by atoms with Crippen LogP contribution in [0, 0.1) is 6.92 Å². The molecule has 0 saturated heterocycles. The first-order chi connectivity index (χ1) is 12.8. The van der Waals surface area contributed by atoms with Crippen LogP contribution in [0.25, 0.3) is 4.91 Å². The summed E-state index contributed by atoms with van der Waals surface area (Å²) in [6.45, 7) is 6.73. The first-order valence-corrected chi connectivity index (χ1v) is 11.4. The van der Waals surface area contributed by atoms with Gasteiger partial charge in [-0.05, 0) is 37.8 Å². The monoisotopic (exact) mass is 390 g/mol. The molecule has 27 heavy (non-hydrogen) atoms. The van der Waals surface area contributed by atoms with Gasteiger partial charge in [0.25, 0.3) is 0 Å². The first kappa shape index (κ1) is 20.1. The van der Waals surface area contributed by atoms with Crippen molar-refractivity contribution in [2.24, 2.45) is 0 Å². The van der Waals surface area contributed by atoms with E-state index in [9.17, 15) is 13.2 Å². The summed E-state index contributed by atoms with van der Waals surface area (Å²) in [6, 6.07) is 7.64. The number of carbonyl (C=O) groups is 1. The van der Waals surface area contributed by atoms with Crippen molar-refractivity contribution in [3.63, 3.8) is 0 Å². The summed E-state index contributed by atoms with van der Waals surface area (Å²) in [7, 11) is -3.60. The summed E-state index contributed by atoms with van der Waals surface area (Å²) in [6.07, 6.45) is 5.15. The van der Waals surface area contributed by atoms with Gasteiger partial charge in [-0.25, -0.2) is 13.1 Å². The fourth-order valence-electron chi connectivity index (χ4n) is 4.36. The zero-order valence-corrected chi connectivity index (χ0v) is 17.4. The average molecular weight is 391 g/mol. The second-order valence-electron chi connectivity index (χ2n) is 7.68. The molecule has 0 atom stereocenters. The third kappa shape index (κ3) is 3.83. The van der Waals surface area contributed by atoms with E-state index in [1.165, 1.54) is 0 Å². The van der Waals surface area contributed by atoms with Crippen molar-refractivity contribution in [1.82, 2.24) is 9.62 Å². The lowest BCUT2D eigenvalue weighted by molar-refractivity contribution is -0.130. The smallest absolute Gasteiger partial charge is 0.242 e. The lowest BCUT2D eigenvalue weighted by Crippen LogP contribution is -2.48. The lowest BCUT2D eigenvalue weighted by Gasteiger charge is -2.37. The van der Waals surface area contributed by atoms with Crippen molar-refractivity contribution in [3.8, 4) is 0 Å². The molecule has 1 heterocycles. The molecule has 3 rings (SSSR count). The van der Waals surface area contributed by atoms with Crippen molar-refractivity contribution in [2.45, 2.75) is 64.8 Å². The molecular weight excluding hydrogens is 360 g/mol. The zero-order valence-electron chi connectivity index (χ0n) is 16.5. The Bertz CT molecular complexity index is 835. The van der Waals surface area contributed by atoms with Crippen molar-refractivity contribution in [2.75, 3.05) is 13.1 Å². The Morgan fingerprint density at radius 3 is 2.30 bits per heavy atom. The Balaban J connectivity index is 2.16. The molecule has 1 aromatic carbocycles. The van der Waals surface area contributed by atoms with Gasteiger partial charge in [-0.3, -0.25) is 4.79 Å². The number of amides is 1. The summed E-state index contributed by atoms with van der Waals surface area (Å²) in [5.74, 6) is 0.0588. The molecule has 1 aromatic rings. The van der Waals surface area contributed by atoms with E-state index >= 15 is 0 Å². The summed E-state index contributed by atoms with van der Waals surface area (Å²) in [5, 5.41) is 0. The maximum absolute atomic E-state index is 13.2. The number of nitrogens with zero attached hydrogens (tertiary/aromatic N) is 1. The largest absolute Gasteiger partial charge is 0.339 e. The number of rotatable bonds is 5. The molecule has 0 radical (unpaired) electrons. The Morgan fingerprint density at radius 1 is 1.11 bits per heavy atom. The second-order valence-corrected chi connectivity index (χ2v) is 9.30.